The second-order valence-corrected chi connectivity index (χ2v) is 6.57. The Morgan fingerprint density at radius 3 is 2.32 bits per heavy atom. The Morgan fingerprint density at radius 2 is 1.74 bits per heavy atom. The molecule has 2 rings (SSSR count). The molecule has 0 radical (unpaired) electrons. The van der Waals surface area contributed by atoms with E-state index in [9.17, 15) is 0 Å². The summed E-state index contributed by atoms with van der Waals surface area (Å²) in [7, 11) is 4.20. The van der Waals surface area contributed by atoms with Gasteiger partial charge >= 0.3 is 0 Å². The van der Waals surface area contributed by atoms with Crippen LogP contribution in [-0.4, -0.2) is 32.1 Å². The van der Waals surface area contributed by atoms with Crippen LogP contribution in [0.5, 0.6) is 0 Å². The van der Waals surface area contributed by atoms with Gasteiger partial charge in [-0.2, -0.15) is 0 Å². The summed E-state index contributed by atoms with van der Waals surface area (Å²) in [6, 6.07) is 14.6. The Morgan fingerprint density at radius 1 is 1.00 bits per heavy atom. The highest BCUT2D eigenvalue weighted by Gasteiger charge is 2.09. The second-order valence-electron chi connectivity index (χ2n) is 4.77. The first-order valence-electron chi connectivity index (χ1n) is 6.34. The van der Waals surface area contributed by atoms with E-state index in [1.54, 1.807) is 11.3 Å². The van der Waals surface area contributed by atoms with Crippen LogP contribution in [0.4, 0.5) is 5.69 Å². The number of anilines is 1. The van der Waals surface area contributed by atoms with E-state index in [0.717, 1.165) is 24.0 Å². The summed E-state index contributed by atoms with van der Waals surface area (Å²) < 4.78 is 0.857. The number of halogens is 1. The standard InChI is InChI=1S/C15H19ClN2S/c1-17(2)10-11-18(13-6-4-3-5-7-13)12-14-8-9-15(16)19-14/h3-9H,10-12H2,1-2H3. The normalized spacial score (nSPS) is 10.9. The Labute approximate surface area is 124 Å². The molecule has 0 atom stereocenters. The highest BCUT2D eigenvalue weighted by molar-refractivity contribution is 7.16. The van der Waals surface area contributed by atoms with E-state index in [1.165, 1.54) is 10.6 Å². The molecule has 0 N–H and O–H groups in total. The molecule has 0 saturated carbocycles. The minimum Gasteiger partial charge on any atom is -0.365 e. The van der Waals surface area contributed by atoms with Gasteiger partial charge in [-0.25, -0.2) is 0 Å². The van der Waals surface area contributed by atoms with E-state index in [1.807, 2.05) is 6.07 Å². The van der Waals surface area contributed by atoms with Gasteiger partial charge in [-0.15, -0.1) is 11.3 Å². The summed E-state index contributed by atoms with van der Waals surface area (Å²) in [5.41, 5.74) is 1.26. The number of benzene rings is 1. The fraction of sp³-hybridized carbons (Fsp3) is 0.333. The molecule has 0 saturated heterocycles. The Balaban J connectivity index is 2.10. The number of hydrogen-bond donors (Lipinski definition) is 0. The van der Waals surface area contributed by atoms with Gasteiger partial charge in [-0.1, -0.05) is 29.8 Å². The van der Waals surface area contributed by atoms with Crippen LogP contribution in [0.3, 0.4) is 0 Å². The van der Waals surface area contributed by atoms with Crippen LogP contribution in [0.15, 0.2) is 42.5 Å². The zero-order valence-corrected chi connectivity index (χ0v) is 12.9. The highest BCUT2D eigenvalue weighted by Crippen LogP contribution is 2.24. The zero-order valence-electron chi connectivity index (χ0n) is 11.3. The maximum atomic E-state index is 6.01. The van der Waals surface area contributed by atoms with E-state index in [0.29, 0.717) is 0 Å². The average Bonchev–Trinajstić information content (AvgIpc) is 2.81. The summed E-state index contributed by atoms with van der Waals surface area (Å²) in [5, 5.41) is 0. The van der Waals surface area contributed by atoms with Crippen molar-refractivity contribution in [2.75, 3.05) is 32.1 Å². The second kappa shape index (κ2) is 6.94. The van der Waals surface area contributed by atoms with Crippen molar-refractivity contribution in [2.45, 2.75) is 6.54 Å². The maximum absolute atomic E-state index is 6.01. The third-order valence-electron chi connectivity index (χ3n) is 2.91. The SMILES string of the molecule is CN(C)CCN(Cc1ccc(Cl)s1)c1ccccc1. The average molecular weight is 295 g/mol. The summed E-state index contributed by atoms with van der Waals surface area (Å²) >= 11 is 7.66. The predicted molar refractivity (Wildman–Crippen MR) is 85.4 cm³/mol. The Kier molecular flexibility index (Phi) is 5.25. The van der Waals surface area contributed by atoms with Crippen molar-refractivity contribution < 1.29 is 0 Å². The first-order valence-corrected chi connectivity index (χ1v) is 7.53. The number of thiophene rings is 1. The molecular formula is C15H19ClN2S. The molecular weight excluding hydrogens is 276 g/mol. The lowest BCUT2D eigenvalue weighted by Crippen LogP contribution is -2.31. The summed E-state index contributed by atoms with van der Waals surface area (Å²) in [5.74, 6) is 0. The molecule has 0 fully saturated rings. The van der Waals surface area contributed by atoms with Crippen LogP contribution in [-0.2, 0) is 6.54 Å². The van der Waals surface area contributed by atoms with Crippen molar-refractivity contribution in [3.05, 3.63) is 51.7 Å². The maximum Gasteiger partial charge on any atom is 0.0931 e. The summed E-state index contributed by atoms with van der Waals surface area (Å²) in [6.45, 7) is 2.95. The van der Waals surface area contributed by atoms with Crippen molar-refractivity contribution in [3.8, 4) is 0 Å². The molecule has 19 heavy (non-hydrogen) atoms. The molecule has 0 amide bonds. The molecule has 0 aliphatic rings. The lowest BCUT2D eigenvalue weighted by Gasteiger charge is -2.26. The third-order valence-corrected chi connectivity index (χ3v) is 4.13. The van der Waals surface area contributed by atoms with Crippen LogP contribution in [0.25, 0.3) is 0 Å². The van der Waals surface area contributed by atoms with Gasteiger partial charge in [0.15, 0.2) is 0 Å². The van der Waals surface area contributed by atoms with Gasteiger partial charge in [0.05, 0.1) is 10.9 Å². The fourth-order valence-corrected chi connectivity index (χ4v) is 2.99. The van der Waals surface area contributed by atoms with Gasteiger partial charge < -0.3 is 9.80 Å². The van der Waals surface area contributed by atoms with Crippen molar-refractivity contribution in [1.82, 2.24) is 4.90 Å². The molecule has 4 heteroatoms. The number of hydrogen-bond acceptors (Lipinski definition) is 3. The van der Waals surface area contributed by atoms with Gasteiger partial charge in [0.25, 0.3) is 0 Å². The van der Waals surface area contributed by atoms with Gasteiger partial charge in [0, 0.05) is 23.7 Å². The lowest BCUT2D eigenvalue weighted by molar-refractivity contribution is 0.413. The monoisotopic (exact) mass is 294 g/mol. The van der Waals surface area contributed by atoms with Gasteiger partial charge in [0.2, 0.25) is 0 Å². The first kappa shape index (κ1) is 14.4. The van der Waals surface area contributed by atoms with E-state index < -0.39 is 0 Å². The van der Waals surface area contributed by atoms with E-state index in [4.69, 9.17) is 11.6 Å². The number of nitrogens with zero attached hydrogens (tertiary/aromatic N) is 2. The first-order chi connectivity index (χ1) is 9.15. The number of rotatable bonds is 6. The van der Waals surface area contributed by atoms with E-state index >= 15 is 0 Å². The van der Waals surface area contributed by atoms with E-state index in [2.05, 4.69) is 60.3 Å². The predicted octanol–water partition coefficient (Wildman–Crippen LogP) is 3.97. The quantitative estimate of drug-likeness (QED) is 0.795. The molecule has 0 spiro atoms. The smallest absolute Gasteiger partial charge is 0.0931 e. The van der Waals surface area contributed by atoms with Gasteiger partial charge in [0.1, 0.15) is 0 Å². The zero-order chi connectivity index (χ0) is 13.7. The Hall–Kier alpha value is -1.03. The molecule has 2 nitrogen and oxygen atoms in total. The molecule has 0 bridgehead atoms. The molecule has 2 aromatic rings. The molecule has 0 aliphatic heterocycles. The molecule has 0 aliphatic carbocycles. The van der Waals surface area contributed by atoms with Crippen molar-refractivity contribution >= 4 is 28.6 Å². The minimum absolute atomic E-state index is 0.857. The van der Waals surface area contributed by atoms with Crippen LogP contribution < -0.4 is 4.90 Å². The fourth-order valence-electron chi connectivity index (χ4n) is 1.88. The van der Waals surface area contributed by atoms with Gasteiger partial charge in [-0.3, -0.25) is 0 Å². The molecule has 1 aromatic carbocycles. The minimum atomic E-state index is 0.857. The van der Waals surface area contributed by atoms with E-state index in [-0.39, 0.29) is 0 Å². The summed E-state index contributed by atoms with van der Waals surface area (Å²) in [6.07, 6.45) is 0. The third kappa shape index (κ3) is 4.53. The molecule has 102 valence electrons. The number of para-hydroxylation sites is 1. The Bertz CT molecular complexity index is 496. The van der Waals surface area contributed by atoms with Crippen LogP contribution >= 0.6 is 22.9 Å². The highest BCUT2D eigenvalue weighted by atomic mass is 35.5. The largest absolute Gasteiger partial charge is 0.365 e. The van der Waals surface area contributed by atoms with Crippen molar-refractivity contribution in [2.24, 2.45) is 0 Å². The number of likely N-dealkylation sites (N-methyl/N-ethyl adjacent to an activating group) is 1. The molecule has 0 unspecified atom stereocenters. The molecule has 1 aromatic heterocycles. The lowest BCUT2D eigenvalue weighted by atomic mass is 10.2. The van der Waals surface area contributed by atoms with Gasteiger partial charge in [-0.05, 0) is 38.4 Å². The van der Waals surface area contributed by atoms with Crippen LogP contribution in [0.1, 0.15) is 4.88 Å². The summed E-state index contributed by atoms with van der Waals surface area (Å²) in [4.78, 5) is 5.90. The topological polar surface area (TPSA) is 6.48 Å². The van der Waals surface area contributed by atoms with Crippen LogP contribution in [0.2, 0.25) is 4.34 Å². The van der Waals surface area contributed by atoms with Crippen molar-refractivity contribution in [1.29, 1.82) is 0 Å². The van der Waals surface area contributed by atoms with Crippen LogP contribution in [0, 0.1) is 0 Å². The molecule has 1 heterocycles. The van der Waals surface area contributed by atoms with Crippen molar-refractivity contribution in [3.63, 3.8) is 0 Å².